The van der Waals surface area contributed by atoms with Crippen molar-refractivity contribution >= 4 is 0 Å². The average molecular weight is 297 g/mol. The zero-order valence-electron chi connectivity index (χ0n) is 16.8. The molecule has 3 atom stereocenters. The zero-order chi connectivity index (χ0) is 16.8. The second-order valence-electron chi connectivity index (χ2n) is 9.64. The molecule has 3 unspecified atom stereocenters. The Morgan fingerprint density at radius 3 is 1.52 bits per heavy atom. The van der Waals surface area contributed by atoms with E-state index >= 15 is 0 Å². The molecule has 21 heavy (non-hydrogen) atoms. The van der Waals surface area contributed by atoms with Gasteiger partial charge in [0.15, 0.2) is 0 Å². The van der Waals surface area contributed by atoms with Gasteiger partial charge in [0.1, 0.15) is 0 Å². The second-order valence-corrected chi connectivity index (χ2v) is 9.64. The van der Waals surface area contributed by atoms with Gasteiger partial charge in [-0.15, -0.1) is 0 Å². The third kappa shape index (κ3) is 7.20. The van der Waals surface area contributed by atoms with E-state index in [0.29, 0.717) is 10.8 Å². The van der Waals surface area contributed by atoms with E-state index in [9.17, 15) is 0 Å². The van der Waals surface area contributed by atoms with Gasteiger partial charge in [-0.3, -0.25) is 0 Å². The molecule has 0 radical (unpaired) electrons. The van der Waals surface area contributed by atoms with Crippen LogP contribution < -0.4 is 0 Å². The van der Waals surface area contributed by atoms with Gasteiger partial charge in [0.05, 0.1) is 0 Å². The molecule has 0 aromatic rings. The minimum absolute atomic E-state index is 0.450. The molecule has 0 saturated heterocycles. The Kier molecular flexibility index (Phi) is 8.59. The van der Waals surface area contributed by atoms with Crippen LogP contribution >= 0.6 is 0 Å². The minimum atomic E-state index is 0.450. The molecular formula is C21H44. The van der Waals surface area contributed by atoms with Gasteiger partial charge in [-0.1, -0.05) is 82.1 Å². The average Bonchev–Trinajstić information content (AvgIpc) is 2.34. The number of hydrogen-bond acceptors (Lipinski definition) is 0. The van der Waals surface area contributed by atoms with E-state index in [1.807, 2.05) is 0 Å². The van der Waals surface area contributed by atoms with Crippen molar-refractivity contribution in [3.63, 3.8) is 0 Å². The van der Waals surface area contributed by atoms with E-state index < -0.39 is 0 Å². The molecule has 0 aliphatic heterocycles. The Morgan fingerprint density at radius 2 is 1.14 bits per heavy atom. The smallest absolute Gasteiger partial charge is 0.0300 e. The van der Waals surface area contributed by atoms with Crippen molar-refractivity contribution in [2.75, 3.05) is 0 Å². The molecule has 0 heteroatoms. The van der Waals surface area contributed by atoms with Crippen LogP contribution in [0.15, 0.2) is 0 Å². The standard InChI is InChI=1S/C21H44/c1-11-19(15-12-16(2)3)21(9,10)18(5)14-13-17(4)20(6,7)8/h16-19H,11-15H2,1-10H3. The van der Waals surface area contributed by atoms with Gasteiger partial charge in [-0.05, 0) is 53.8 Å². The maximum Gasteiger partial charge on any atom is -0.0300 e. The van der Waals surface area contributed by atoms with E-state index in [-0.39, 0.29) is 0 Å². The monoisotopic (exact) mass is 296 g/mol. The van der Waals surface area contributed by atoms with Crippen molar-refractivity contribution in [2.24, 2.45) is 34.5 Å². The summed E-state index contributed by atoms with van der Waals surface area (Å²) in [5.41, 5.74) is 0.924. The van der Waals surface area contributed by atoms with Crippen molar-refractivity contribution in [1.29, 1.82) is 0 Å². The lowest BCUT2D eigenvalue weighted by atomic mass is 9.65. The molecule has 0 rings (SSSR count). The first-order chi connectivity index (χ1) is 9.42. The van der Waals surface area contributed by atoms with Crippen molar-refractivity contribution in [1.82, 2.24) is 0 Å². The Hall–Kier alpha value is 0. The highest BCUT2D eigenvalue weighted by atomic mass is 14.4. The van der Waals surface area contributed by atoms with Crippen LogP contribution in [0.2, 0.25) is 0 Å². The van der Waals surface area contributed by atoms with Gasteiger partial charge in [-0.25, -0.2) is 0 Å². The van der Waals surface area contributed by atoms with Gasteiger partial charge in [0.2, 0.25) is 0 Å². The molecule has 0 nitrogen and oxygen atoms in total. The molecule has 0 aromatic carbocycles. The fourth-order valence-electron chi connectivity index (χ4n) is 3.34. The van der Waals surface area contributed by atoms with Crippen LogP contribution in [0.5, 0.6) is 0 Å². The Bertz CT molecular complexity index is 266. The lowest BCUT2D eigenvalue weighted by Gasteiger charge is -2.41. The normalized spacial score (nSPS) is 17.9. The fraction of sp³-hybridized carbons (Fsp3) is 1.00. The van der Waals surface area contributed by atoms with Crippen LogP contribution in [-0.4, -0.2) is 0 Å². The van der Waals surface area contributed by atoms with Crippen molar-refractivity contribution < 1.29 is 0 Å². The van der Waals surface area contributed by atoms with Crippen LogP contribution in [-0.2, 0) is 0 Å². The summed E-state index contributed by atoms with van der Waals surface area (Å²) >= 11 is 0. The summed E-state index contributed by atoms with van der Waals surface area (Å²) < 4.78 is 0. The SMILES string of the molecule is CCC(CCC(C)C)C(C)(C)C(C)CCC(C)C(C)(C)C. The van der Waals surface area contributed by atoms with E-state index in [1.54, 1.807) is 0 Å². The maximum atomic E-state index is 2.52. The van der Waals surface area contributed by atoms with Crippen LogP contribution in [0.3, 0.4) is 0 Å². The van der Waals surface area contributed by atoms with Gasteiger partial charge in [0.25, 0.3) is 0 Å². The summed E-state index contributed by atoms with van der Waals surface area (Å²) in [6.07, 6.45) is 6.87. The largest absolute Gasteiger partial charge is 0.0651 e. The highest BCUT2D eigenvalue weighted by Gasteiger charge is 2.34. The molecule has 0 aromatic heterocycles. The first-order valence-electron chi connectivity index (χ1n) is 9.42. The molecule has 0 fully saturated rings. The van der Waals surface area contributed by atoms with Crippen LogP contribution in [0, 0.1) is 34.5 Å². The topological polar surface area (TPSA) is 0 Å². The number of hydrogen-bond donors (Lipinski definition) is 0. The van der Waals surface area contributed by atoms with Gasteiger partial charge >= 0.3 is 0 Å². The third-order valence-corrected chi connectivity index (χ3v) is 6.42. The summed E-state index contributed by atoms with van der Waals surface area (Å²) in [6, 6.07) is 0. The van der Waals surface area contributed by atoms with E-state index in [4.69, 9.17) is 0 Å². The molecule has 128 valence electrons. The summed E-state index contributed by atoms with van der Waals surface area (Å²) in [6.45, 7) is 24.2. The molecule has 0 aliphatic carbocycles. The summed E-state index contributed by atoms with van der Waals surface area (Å²) in [7, 11) is 0. The molecular weight excluding hydrogens is 252 g/mol. The molecule has 0 N–H and O–H groups in total. The van der Waals surface area contributed by atoms with E-state index in [2.05, 4.69) is 69.2 Å². The third-order valence-electron chi connectivity index (χ3n) is 6.42. The molecule has 0 heterocycles. The Balaban J connectivity index is 4.57. The first kappa shape index (κ1) is 21.0. The van der Waals surface area contributed by atoms with Crippen molar-refractivity contribution in [3.05, 3.63) is 0 Å². The van der Waals surface area contributed by atoms with Crippen LogP contribution in [0.4, 0.5) is 0 Å². The van der Waals surface area contributed by atoms with Crippen molar-refractivity contribution in [3.8, 4) is 0 Å². The molecule has 0 saturated carbocycles. The summed E-state index contributed by atoms with van der Waals surface area (Å²) in [5.74, 6) is 3.34. The van der Waals surface area contributed by atoms with E-state index in [1.165, 1.54) is 32.1 Å². The zero-order valence-corrected chi connectivity index (χ0v) is 16.8. The Morgan fingerprint density at radius 1 is 0.667 bits per heavy atom. The summed E-state index contributed by atoms with van der Waals surface area (Å²) in [4.78, 5) is 0. The highest BCUT2D eigenvalue weighted by Crippen LogP contribution is 2.43. The van der Waals surface area contributed by atoms with Crippen LogP contribution in [0.1, 0.15) is 101 Å². The second kappa shape index (κ2) is 8.59. The maximum absolute atomic E-state index is 2.52. The van der Waals surface area contributed by atoms with Gasteiger partial charge in [0, 0.05) is 0 Å². The molecule has 0 bridgehead atoms. The lowest BCUT2D eigenvalue weighted by molar-refractivity contribution is 0.0918. The molecule has 0 spiro atoms. The Labute approximate surface area is 136 Å². The number of rotatable bonds is 9. The predicted octanol–water partition coefficient (Wildman–Crippen LogP) is 7.57. The molecule has 0 amide bonds. The lowest BCUT2D eigenvalue weighted by Crippen LogP contribution is -2.32. The van der Waals surface area contributed by atoms with Crippen molar-refractivity contribution in [2.45, 2.75) is 101 Å². The van der Waals surface area contributed by atoms with E-state index in [0.717, 1.165) is 23.7 Å². The van der Waals surface area contributed by atoms with Gasteiger partial charge < -0.3 is 0 Å². The quantitative estimate of drug-likeness (QED) is 0.411. The molecule has 0 aliphatic rings. The minimum Gasteiger partial charge on any atom is -0.0651 e. The fourth-order valence-corrected chi connectivity index (χ4v) is 3.34. The first-order valence-corrected chi connectivity index (χ1v) is 9.42. The predicted molar refractivity (Wildman–Crippen MR) is 98.7 cm³/mol. The summed E-state index contributed by atoms with van der Waals surface area (Å²) in [5, 5.41) is 0. The van der Waals surface area contributed by atoms with Crippen LogP contribution in [0.25, 0.3) is 0 Å². The highest BCUT2D eigenvalue weighted by molar-refractivity contribution is 4.84. The van der Waals surface area contributed by atoms with Gasteiger partial charge in [-0.2, -0.15) is 0 Å².